The van der Waals surface area contributed by atoms with E-state index in [2.05, 4.69) is 26.4 Å². The smallest absolute Gasteiger partial charge is 0.332 e. The highest BCUT2D eigenvalue weighted by Crippen LogP contribution is 2.24. The molecular formula is C16H17N7O4S. The number of carbonyl (C=O) groups is 2. The number of aryl methyl sites for hydroxylation is 1. The van der Waals surface area contributed by atoms with Crippen molar-refractivity contribution in [1.82, 2.24) is 15.8 Å². The Bertz CT molecular complexity index is 950. The van der Waals surface area contributed by atoms with Gasteiger partial charge in [-0.3, -0.25) is 25.8 Å². The van der Waals surface area contributed by atoms with Gasteiger partial charge in [0.25, 0.3) is 5.69 Å². The van der Waals surface area contributed by atoms with E-state index in [9.17, 15) is 19.7 Å². The van der Waals surface area contributed by atoms with Crippen LogP contribution in [0.15, 0.2) is 35.4 Å². The number of rotatable bonds is 7. The molecule has 146 valence electrons. The number of thiazole rings is 1. The Hall–Kier alpha value is -3.80. The molecule has 0 atom stereocenters. The lowest BCUT2D eigenvalue weighted by Crippen LogP contribution is -2.26. The van der Waals surface area contributed by atoms with Crippen LogP contribution in [0, 0.1) is 17.0 Å². The van der Waals surface area contributed by atoms with Crippen LogP contribution >= 0.6 is 11.3 Å². The van der Waals surface area contributed by atoms with Gasteiger partial charge in [-0.15, -0.1) is 0 Å². The van der Waals surface area contributed by atoms with Gasteiger partial charge in [-0.25, -0.2) is 15.2 Å². The molecule has 0 aliphatic carbocycles. The summed E-state index contributed by atoms with van der Waals surface area (Å²) in [6.45, 7) is 3.09. The van der Waals surface area contributed by atoms with E-state index in [1.807, 2.05) is 0 Å². The number of allylic oxidation sites excluding steroid dienone is 1. The topological polar surface area (TPSA) is 165 Å². The van der Waals surface area contributed by atoms with Crippen LogP contribution in [0.4, 0.5) is 15.6 Å². The first kappa shape index (κ1) is 20.5. The molecular weight excluding hydrogens is 386 g/mol. The number of nitrogens with two attached hydrogens (primary N) is 1. The number of carbonyl (C=O) groups excluding carboxylic acids is 2. The van der Waals surface area contributed by atoms with E-state index in [-0.39, 0.29) is 11.6 Å². The highest BCUT2D eigenvalue weighted by molar-refractivity contribution is 7.17. The van der Waals surface area contributed by atoms with Crippen molar-refractivity contribution in [3.05, 3.63) is 56.6 Å². The van der Waals surface area contributed by atoms with Crippen LogP contribution in [-0.2, 0) is 4.79 Å². The number of anilines is 1. The van der Waals surface area contributed by atoms with E-state index in [1.54, 1.807) is 31.2 Å². The Morgan fingerprint density at radius 3 is 2.57 bits per heavy atom. The Balaban J connectivity index is 2.29. The molecule has 1 aromatic heterocycles. The molecule has 12 heteroatoms. The zero-order valence-electron chi connectivity index (χ0n) is 14.9. The van der Waals surface area contributed by atoms with Gasteiger partial charge in [0, 0.05) is 19.1 Å². The SMILES string of the molecule is CC(=O)NNc1nc(C)c(C(/C=C\c2ccc([N+](=O)[O-])cc2)=N/NC(N)=O)s1. The van der Waals surface area contributed by atoms with Crippen LogP contribution in [0.2, 0.25) is 0 Å². The maximum absolute atomic E-state index is 11.0. The molecule has 0 radical (unpaired) electrons. The lowest BCUT2D eigenvalue weighted by Gasteiger charge is -2.01. The number of amides is 3. The number of primary amides is 1. The van der Waals surface area contributed by atoms with E-state index in [1.165, 1.54) is 30.4 Å². The fraction of sp³-hybridized carbons (Fsp3) is 0.125. The predicted molar refractivity (Wildman–Crippen MR) is 106 cm³/mol. The minimum absolute atomic E-state index is 0.0200. The van der Waals surface area contributed by atoms with Crippen molar-refractivity contribution >= 4 is 45.9 Å². The average molecular weight is 403 g/mol. The van der Waals surface area contributed by atoms with E-state index in [0.717, 1.165) is 0 Å². The maximum atomic E-state index is 11.0. The largest absolute Gasteiger partial charge is 0.350 e. The average Bonchev–Trinajstić information content (AvgIpc) is 3.01. The molecule has 0 aliphatic rings. The molecule has 28 heavy (non-hydrogen) atoms. The first-order valence-electron chi connectivity index (χ1n) is 7.82. The Kier molecular flexibility index (Phi) is 6.76. The molecule has 0 aliphatic heterocycles. The van der Waals surface area contributed by atoms with Gasteiger partial charge in [-0.05, 0) is 30.7 Å². The molecule has 0 fully saturated rings. The minimum Gasteiger partial charge on any atom is -0.350 e. The molecule has 2 rings (SSSR count). The van der Waals surface area contributed by atoms with Crippen molar-refractivity contribution in [2.24, 2.45) is 10.8 Å². The Morgan fingerprint density at radius 1 is 1.32 bits per heavy atom. The fourth-order valence-electron chi connectivity index (χ4n) is 1.99. The number of benzene rings is 1. The highest BCUT2D eigenvalue weighted by Gasteiger charge is 2.13. The number of hydrogen-bond acceptors (Lipinski definition) is 8. The van der Waals surface area contributed by atoms with Gasteiger partial charge < -0.3 is 5.73 Å². The number of hydrazine groups is 1. The lowest BCUT2D eigenvalue weighted by molar-refractivity contribution is -0.384. The number of nitro groups is 1. The van der Waals surface area contributed by atoms with E-state index in [0.29, 0.717) is 27.0 Å². The molecule has 1 heterocycles. The minimum atomic E-state index is -0.833. The summed E-state index contributed by atoms with van der Waals surface area (Å²) >= 11 is 1.20. The molecule has 0 spiro atoms. The normalized spacial score (nSPS) is 11.3. The van der Waals surface area contributed by atoms with Crippen LogP contribution < -0.4 is 22.0 Å². The second-order valence-electron chi connectivity index (χ2n) is 5.39. The Labute approximate surface area is 163 Å². The molecule has 1 aromatic carbocycles. The third kappa shape index (κ3) is 5.88. The van der Waals surface area contributed by atoms with Crippen LogP contribution in [0.25, 0.3) is 6.08 Å². The number of aromatic nitrogens is 1. The van der Waals surface area contributed by atoms with Crippen molar-refractivity contribution < 1.29 is 14.5 Å². The number of urea groups is 1. The van der Waals surface area contributed by atoms with Crippen molar-refractivity contribution in [2.45, 2.75) is 13.8 Å². The lowest BCUT2D eigenvalue weighted by atomic mass is 10.1. The summed E-state index contributed by atoms with van der Waals surface area (Å²) < 4.78 is 0. The second-order valence-corrected chi connectivity index (χ2v) is 6.39. The maximum Gasteiger partial charge on any atom is 0.332 e. The zero-order chi connectivity index (χ0) is 20.7. The van der Waals surface area contributed by atoms with Gasteiger partial charge in [-0.2, -0.15) is 5.10 Å². The fourth-order valence-corrected chi connectivity index (χ4v) is 2.88. The van der Waals surface area contributed by atoms with Gasteiger partial charge in [0.05, 0.1) is 15.5 Å². The number of non-ortho nitro benzene ring substituents is 1. The number of nitro benzene ring substituents is 1. The Morgan fingerprint density at radius 2 is 2.00 bits per heavy atom. The summed E-state index contributed by atoms with van der Waals surface area (Å²) in [5.41, 5.74) is 14.0. The second kappa shape index (κ2) is 9.23. The van der Waals surface area contributed by atoms with Crippen molar-refractivity contribution in [3.8, 4) is 0 Å². The number of nitrogens with one attached hydrogen (secondary N) is 3. The molecule has 11 nitrogen and oxygen atoms in total. The molecule has 0 bridgehead atoms. The highest BCUT2D eigenvalue weighted by atomic mass is 32.1. The molecule has 0 saturated heterocycles. The van der Waals surface area contributed by atoms with Crippen LogP contribution in [0.3, 0.4) is 0 Å². The standard InChI is InChI=1S/C16H17N7O4S/c1-9-14(28-16(18-9)22-19-10(2)24)13(20-21-15(17)25)8-5-11-3-6-12(7-4-11)23(26)27/h3-8H,1-2H3,(H,18,22)(H,19,24)(H3,17,21,25)/b8-5-,20-13+. The predicted octanol–water partition coefficient (Wildman–Crippen LogP) is 1.91. The summed E-state index contributed by atoms with van der Waals surface area (Å²) in [6.07, 6.45) is 3.28. The third-order valence-corrected chi connectivity index (χ3v) is 4.29. The van der Waals surface area contributed by atoms with E-state index < -0.39 is 11.0 Å². The van der Waals surface area contributed by atoms with Crippen LogP contribution in [0.5, 0.6) is 0 Å². The monoisotopic (exact) mass is 403 g/mol. The molecule has 0 saturated carbocycles. The molecule has 3 amide bonds. The summed E-state index contributed by atoms with van der Waals surface area (Å²) in [6, 6.07) is 5.09. The van der Waals surface area contributed by atoms with Crippen molar-refractivity contribution in [3.63, 3.8) is 0 Å². The summed E-state index contributed by atoms with van der Waals surface area (Å²) in [5, 5.41) is 15.1. The molecule has 2 aromatic rings. The number of hydrazone groups is 1. The third-order valence-electron chi connectivity index (χ3n) is 3.20. The summed E-state index contributed by atoms with van der Waals surface area (Å²) in [5.74, 6) is -0.281. The van der Waals surface area contributed by atoms with Gasteiger partial charge in [-0.1, -0.05) is 17.4 Å². The first-order chi connectivity index (χ1) is 13.3. The molecule has 5 N–H and O–H groups in total. The zero-order valence-corrected chi connectivity index (χ0v) is 15.7. The van der Waals surface area contributed by atoms with Crippen LogP contribution in [0.1, 0.15) is 23.1 Å². The van der Waals surface area contributed by atoms with Gasteiger partial charge in [0.1, 0.15) is 5.71 Å². The van der Waals surface area contributed by atoms with E-state index >= 15 is 0 Å². The van der Waals surface area contributed by atoms with Crippen molar-refractivity contribution in [1.29, 1.82) is 0 Å². The van der Waals surface area contributed by atoms with Gasteiger partial charge in [0.2, 0.25) is 11.0 Å². The van der Waals surface area contributed by atoms with Gasteiger partial charge in [0.15, 0.2) is 0 Å². The summed E-state index contributed by atoms with van der Waals surface area (Å²) in [4.78, 5) is 37.2. The molecule has 0 unspecified atom stereocenters. The first-order valence-corrected chi connectivity index (χ1v) is 8.64. The van der Waals surface area contributed by atoms with Crippen molar-refractivity contribution in [2.75, 3.05) is 5.43 Å². The summed E-state index contributed by atoms with van der Waals surface area (Å²) in [7, 11) is 0. The number of hydrogen-bond donors (Lipinski definition) is 4. The van der Waals surface area contributed by atoms with E-state index in [4.69, 9.17) is 5.73 Å². The van der Waals surface area contributed by atoms with Gasteiger partial charge >= 0.3 is 6.03 Å². The quantitative estimate of drug-likeness (QED) is 0.313. The van der Waals surface area contributed by atoms with Crippen LogP contribution in [-0.4, -0.2) is 27.6 Å². The number of nitrogens with zero attached hydrogens (tertiary/aromatic N) is 3.